The summed E-state index contributed by atoms with van der Waals surface area (Å²) in [5.74, 6) is -3.57. The van der Waals surface area contributed by atoms with E-state index >= 15 is 0 Å². The number of aliphatic hydroxyl groups is 3. The van der Waals surface area contributed by atoms with Gasteiger partial charge in [-0.3, -0.25) is 24.0 Å². The molecule has 18 heteroatoms. The average molecular weight is 935 g/mol. The highest BCUT2D eigenvalue weighted by molar-refractivity contribution is 6.32. The van der Waals surface area contributed by atoms with Crippen LogP contribution in [0, 0.1) is 0 Å². The summed E-state index contributed by atoms with van der Waals surface area (Å²) < 4.78 is 54.4. The highest BCUT2D eigenvalue weighted by Crippen LogP contribution is 2.53. The first-order chi connectivity index (χ1) is 31.7. The lowest BCUT2D eigenvalue weighted by atomic mass is 9.57. The van der Waals surface area contributed by atoms with Gasteiger partial charge in [0.05, 0.1) is 59.5 Å². The SMILES string of the molecule is CC1O[C@@H](c2ccc3c(c2O)C(=O)C2=C(C3=O)[C@@]3(O)C(=O)C[C@](C)(OC4CCC(OC5C=CC(=O)[C@H](C)O5)[C@H](C)O4)C[C@@]3(O)C=C2)CC(O)[C@@H]1O[C@H]1CC[C@H](O[C@H]2C=CC(=O)[C@H](C)O2)[C@H](C)O1. The first-order valence-corrected chi connectivity index (χ1v) is 23.1. The smallest absolute Gasteiger partial charge is 0.198 e. The normalized spacial score (nSPS) is 43.3. The van der Waals surface area contributed by atoms with E-state index in [0.717, 1.165) is 6.08 Å². The Morgan fingerprint density at radius 2 is 1.30 bits per heavy atom. The van der Waals surface area contributed by atoms with E-state index in [1.165, 1.54) is 30.4 Å². The standard InChI is InChI=1S/C49H58O18/c1-22-30(50)9-13-37(60-22)64-33-11-15-39(62-24(33)3)66-46-26(5)59-35(19-32(46)52)27-7-8-28-41(43(27)54)44(55)29-17-18-48(57)21-47(6,20-36(53)49(48,58)42(29)45(28)56)67-40-16-12-34(25(4)63-40)65-38-14-10-31(51)23(2)61-38/h7-10,13-14,17-18,22-26,32-35,37-40,46,52,54,57-58H,11-12,15-16,19-21H2,1-6H3/t22-,23-,24-,25-,26?,32?,33-,34?,35+,37-,38?,39-,40?,46+,47-,48-,49-/m0/s1. The molecule has 1 aromatic rings. The van der Waals surface area contributed by atoms with Gasteiger partial charge in [0.25, 0.3) is 0 Å². The molecule has 67 heavy (non-hydrogen) atoms. The van der Waals surface area contributed by atoms with Crippen molar-refractivity contribution in [2.75, 3.05) is 0 Å². The minimum absolute atomic E-state index is 0.0512. The molecule has 0 radical (unpaired) electrons. The van der Waals surface area contributed by atoms with Crippen LogP contribution < -0.4 is 0 Å². The second-order valence-corrected chi connectivity index (χ2v) is 19.3. The van der Waals surface area contributed by atoms with E-state index in [9.17, 15) is 44.4 Å². The first kappa shape index (κ1) is 47.9. The number of phenols is 1. The number of hydrogen-bond donors (Lipinski definition) is 4. The molecule has 5 unspecified atom stereocenters. The maximum atomic E-state index is 14.4. The lowest BCUT2D eigenvalue weighted by Crippen LogP contribution is -2.69. The molecule has 0 aromatic heterocycles. The van der Waals surface area contributed by atoms with E-state index in [1.54, 1.807) is 46.8 Å². The summed E-state index contributed by atoms with van der Waals surface area (Å²) in [6, 6.07) is 2.70. The van der Waals surface area contributed by atoms with Gasteiger partial charge in [-0.1, -0.05) is 12.1 Å². The van der Waals surface area contributed by atoms with Crippen molar-refractivity contribution >= 4 is 28.9 Å². The predicted octanol–water partition coefficient (Wildman–Crippen LogP) is 3.39. The number of carbonyl (C=O) groups excluding carboxylic acids is 5. The molecule has 5 aliphatic heterocycles. The highest BCUT2D eigenvalue weighted by Gasteiger charge is 2.67. The number of allylic oxidation sites excluding steroid dienone is 2. The molecule has 3 aliphatic carbocycles. The minimum Gasteiger partial charge on any atom is -0.507 e. The van der Waals surface area contributed by atoms with Crippen molar-refractivity contribution in [2.45, 2.75) is 189 Å². The Kier molecular flexibility index (Phi) is 12.9. The summed E-state index contributed by atoms with van der Waals surface area (Å²) in [6.45, 7) is 10.2. The molecule has 362 valence electrons. The van der Waals surface area contributed by atoms with E-state index in [-0.39, 0.29) is 52.8 Å². The van der Waals surface area contributed by atoms with Gasteiger partial charge >= 0.3 is 0 Å². The first-order valence-electron chi connectivity index (χ1n) is 23.1. The molecule has 9 rings (SSSR count). The van der Waals surface area contributed by atoms with Gasteiger partial charge < -0.3 is 63.1 Å². The zero-order valence-electron chi connectivity index (χ0n) is 38.2. The molecule has 1 saturated carbocycles. The summed E-state index contributed by atoms with van der Waals surface area (Å²) in [6.07, 6.45) is -0.115. The van der Waals surface area contributed by atoms with E-state index in [0.29, 0.717) is 25.7 Å². The van der Waals surface area contributed by atoms with Gasteiger partial charge in [-0.15, -0.1) is 0 Å². The number of rotatable bonds is 9. The molecule has 3 saturated heterocycles. The number of ketones is 5. The Bertz CT molecular complexity index is 2320. The molecule has 0 amide bonds. The summed E-state index contributed by atoms with van der Waals surface area (Å²) in [5.41, 5.74) is -8.05. The minimum atomic E-state index is -2.83. The number of Topliss-reactive ketones (excluding diaryl/α,β-unsaturated/α-hetero) is 3. The third-order valence-corrected chi connectivity index (χ3v) is 14.4. The van der Waals surface area contributed by atoms with Crippen LogP contribution in [-0.2, 0) is 57.0 Å². The zero-order chi connectivity index (χ0) is 47.9. The van der Waals surface area contributed by atoms with Crippen molar-refractivity contribution in [3.05, 3.63) is 76.4 Å². The predicted molar refractivity (Wildman–Crippen MR) is 229 cm³/mol. The van der Waals surface area contributed by atoms with Gasteiger partial charge in [0.1, 0.15) is 29.7 Å². The molecular formula is C49H58O18. The van der Waals surface area contributed by atoms with Crippen LogP contribution >= 0.6 is 0 Å². The molecule has 1 aromatic carbocycles. The van der Waals surface area contributed by atoms with Gasteiger partial charge in [-0.25, -0.2) is 0 Å². The van der Waals surface area contributed by atoms with E-state index in [1.807, 2.05) is 6.92 Å². The third kappa shape index (κ3) is 8.67. The molecule has 4 fully saturated rings. The highest BCUT2D eigenvalue weighted by atomic mass is 16.7. The van der Waals surface area contributed by atoms with Crippen molar-refractivity contribution in [3.63, 3.8) is 0 Å². The molecule has 4 N–H and O–H groups in total. The fourth-order valence-electron chi connectivity index (χ4n) is 10.7. The van der Waals surface area contributed by atoms with Gasteiger partial charge in [0, 0.05) is 48.8 Å². The topological polar surface area (TPSA) is 249 Å². The molecular weight excluding hydrogens is 877 g/mol. The number of fused-ring (bicyclic) bond motifs is 3. The van der Waals surface area contributed by atoms with Crippen LogP contribution in [0.3, 0.4) is 0 Å². The van der Waals surface area contributed by atoms with Crippen LogP contribution in [0.15, 0.2) is 59.7 Å². The summed E-state index contributed by atoms with van der Waals surface area (Å²) in [5, 5.41) is 47.6. The average Bonchev–Trinajstić information content (AvgIpc) is 3.26. The Morgan fingerprint density at radius 1 is 0.701 bits per heavy atom. The van der Waals surface area contributed by atoms with Crippen LogP contribution in [0.1, 0.15) is 119 Å². The molecule has 5 heterocycles. The monoisotopic (exact) mass is 934 g/mol. The zero-order valence-corrected chi connectivity index (χ0v) is 38.2. The third-order valence-electron chi connectivity index (χ3n) is 14.4. The van der Waals surface area contributed by atoms with Gasteiger partial charge in [-0.2, -0.15) is 0 Å². The van der Waals surface area contributed by atoms with Crippen molar-refractivity contribution in [3.8, 4) is 5.75 Å². The van der Waals surface area contributed by atoms with Crippen molar-refractivity contribution in [1.29, 1.82) is 0 Å². The largest absolute Gasteiger partial charge is 0.507 e. The summed E-state index contributed by atoms with van der Waals surface area (Å²) >= 11 is 0. The van der Waals surface area contributed by atoms with Crippen LogP contribution in [0.25, 0.3) is 0 Å². The van der Waals surface area contributed by atoms with Crippen LogP contribution in [0.5, 0.6) is 5.75 Å². The van der Waals surface area contributed by atoms with E-state index in [2.05, 4.69) is 0 Å². The Hall–Kier alpha value is -4.15. The second kappa shape index (κ2) is 18.0. The number of ether oxygens (including phenoxy) is 9. The van der Waals surface area contributed by atoms with Gasteiger partial charge in [0.15, 0.2) is 59.7 Å². The number of benzene rings is 1. The van der Waals surface area contributed by atoms with E-state index < -0.39 is 132 Å². The quantitative estimate of drug-likeness (QED) is 0.277. The summed E-state index contributed by atoms with van der Waals surface area (Å²) in [7, 11) is 0. The van der Waals surface area contributed by atoms with E-state index in [4.69, 9.17) is 42.6 Å². The second-order valence-electron chi connectivity index (χ2n) is 19.3. The van der Waals surface area contributed by atoms with Crippen LogP contribution in [0.4, 0.5) is 0 Å². The number of hydrogen-bond acceptors (Lipinski definition) is 18. The number of aromatic hydroxyl groups is 1. The van der Waals surface area contributed by atoms with Crippen LogP contribution in [-0.4, -0.2) is 146 Å². The fourth-order valence-corrected chi connectivity index (χ4v) is 10.7. The molecule has 0 bridgehead atoms. The molecule has 0 spiro atoms. The fraction of sp³-hybridized carbons (Fsp3) is 0.612. The van der Waals surface area contributed by atoms with Crippen molar-refractivity contribution in [1.82, 2.24) is 0 Å². The molecule has 8 aliphatic rings. The maximum absolute atomic E-state index is 14.4. The number of phenolic OH excluding ortho intramolecular Hbond substituents is 1. The maximum Gasteiger partial charge on any atom is 0.198 e. The van der Waals surface area contributed by atoms with Gasteiger partial charge in [0.2, 0.25) is 0 Å². The Balaban J connectivity index is 0.843. The Morgan fingerprint density at radius 3 is 1.88 bits per heavy atom. The lowest BCUT2D eigenvalue weighted by Gasteiger charge is -2.53. The van der Waals surface area contributed by atoms with Crippen molar-refractivity contribution in [2.24, 2.45) is 0 Å². The Labute approximate surface area is 386 Å². The van der Waals surface area contributed by atoms with Crippen LogP contribution in [0.2, 0.25) is 0 Å². The molecule has 17 atom stereocenters. The number of aliphatic hydroxyl groups excluding tert-OH is 1. The van der Waals surface area contributed by atoms with Gasteiger partial charge in [-0.05, 0) is 90.8 Å². The van der Waals surface area contributed by atoms with Crippen molar-refractivity contribution < 1.29 is 87.0 Å². The summed E-state index contributed by atoms with van der Waals surface area (Å²) in [4.78, 5) is 66.5. The molecule has 18 nitrogen and oxygen atoms in total. The number of carbonyl (C=O) groups is 5. The lowest BCUT2D eigenvalue weighted by molar-refractivity contribution is -0.292.